The Morgan fingerprint density at radius 2 is 2.15 bits per heavy atom. The van der Waals surface area contributed by atoms with E-state index in [0.29, 0.717) is 19.0 Å². The highest BCUT2D eigenvalue weighted by molar-refractivity contribution is 5.92. The van der Waals surface area contributed by atoms with Gasteiger partial charge >= 0.3 is 6.03 Å². The molecule has 3 rings (SSSR count). The summed E-state index contributed by atoms with van der Waals surface area (Å²) in [5.74, 6) is 0.644. The number of hydrogen-bond donors (Lipinski definition) is 1. The smallest absolute Gasteiger partial charge is 0.320 e. The molecule has 0 saturated heterocycles. The number of rotatable bonds is 8. The SMILES string of the molecule is CN(CCOCC=O)Cc1cncc(-c2cnc3c(c2)CCN3C(N)=O)c1. The first kappa shape index (κ1) is 18.9. The molecule has 2 aromatic rings. The minimum absolute atomic E-state index is 0.128. The van der Waals surface area contributed by atoms with E-state index in [-0.39, 0.29) is 6.61 Å². The molecule has 3 heterocycles. The van der Waals surface area contributed by atoms with Crippen LogP contribution in [0, 0.1) is 0 Å². The molecular formula is C19H23N5O3. The van der Waals surface area contributed by atoms with Gasteiger partial charge in [0, 0.05) is 49.4 Å². The summed E-state index contributed by atoms with van der Waals surface area (Å²) in [7, 11) is 1.99. The van der Waals surface area contributed by atoms with Crippen molar-refractivity contribution in [2.45, 2.75) is 13.0 Å². The van der Waals surface area contributed by atoms with E-state index in [1.54, 1.807) is 12.4 Å². The van der Waals surface area contributed by atoms with Crippen molar-refractivity contribution in [3.05, 3.63) is 41.9 Å². The number of amides is 2. The Balaban J connectivity index is 1.69. The summed E-state index contributed by atoms with van der Waals surface area (Å²) in [5.41, 5.74) is 9.42. The Labute approximate surface area is 158 Å². The molecule has 27 heavy (non-hydrogen) atoms. The van der Waals surface area contributed by atoms with Crippen molar-refractivity contribution in [2.24, 2.45) is 5.73 Å². The molecule has 2 amide bonds. The number of hydrogen-bond acceptors (Lipinski definition) is 6. The average molecular weight is 369 g/mol. The van der Waals surface area contributed by atoms with Crippen molar-refractivity contribution in [1.29, 1.82) is 0 Å². The Bertz CT molecular complexity index is 827. The van der Waals surface area contributed by atoms with Gasteiger partial charge in [-0.25, -0.2) is 9.78 Å². The van der Waals surface area contributed by atoms with Gasteiger partial charge in [0.2, 0.25) is 0 Å². The van der Waals surface area contributed by atoms with Crippen molar-refractivity contribution in [3.63, 3.8) is 0 Å². The zero-order valence-electron chi connectivity index (χ0n) is 15.3. The van der Waals surface area contributed by atoms with Crippen molar-refractivity contribution in [3.8, 4) is 11.1 Å². The summed E-state index contributed by atoms with van der Waals surface area (Å²) < 4.78 is 5.18. The number of aromatic nitrogens is 2. The van der Waals surface area contributed by atoms with Gasteiger partial charge in [0.25, 0.3) is 0 Å². The number of primary amides is 1. The minimum Gasteiger partial charge on any atom is -0.373 e. The fraction of sp³-hybridized carbons (Fsp3) is 0.368. The monoisotopic (exact) mass is 369 g/mol. The van der Waals surface area contributed by atoms with Gasteiger partial charge in [-0.15, -0.1) is 0 Å². The molecule has 0 unspecified atom stereocenters. The first-order chi connectivity index (χ1) is 13.1. The number of ether oxygens (including phenoxy) is 1. The third-order valence-corrected chi connectivity index (χ3v) is 4.45. The van der Waals surface area contributed by atoms with Crippen molar-refractivity contribution >= 4 is 18.1 Å². The molecule has 0 atom stereocenters. The molecule has 1 aliphatic rings. The molecule has 0 saturated carbocycles. The number of pyridine rings is 2. The van der Waals surface area contributed by atoms with E-state index in [2.05, 4.69) is 20.9 Å². The maximum absolute atomic E-state index is 11.4. The second-order valence-electron chi connectivity index (χ2n) is 6.51. The van der Waals surface area contributed by atoms with Crippen LogP contribution in [0.1, 0.15) is 11.1 Å². The predicted molar refractivity (Wildman–Crippen MR) is 101 cm³/mol. The van der Waals surface area contributed by atoms with E-state index in [9.17, 15) is 9.59 Å². The van der Waals surface area contributed by atoms with Crippen LogP contribution >= 0.6 is 0 Å². The standard InChI is InChI=1S/C19H23N5O3/c1-23(4-6-27-7-5-25)13-14-8-16(11-21-10-14)17-9-15-2-3-24(19(20)26)18(15)22-12-17/h5,8-12H,2-4,6-7,13H2,1H3,(H2,20,26). The number of likely N-dealkylation sites (N-methyl/N-ethyl adjacent to an activating group) is 1. The molecule has 0 fully saturated rings. The highest BCUT2D eigenvalue weighted by Crippen LogP contribution is 2.29. The summed E-state index contributed by atoms with van der Waals surface area (Å²) in [5, 5.41) is 0. The van der Waals surface area contributed by atoms with Gasteiger partial charge in [-0.3, -0.25) is 14.8 Å². The largest absolute Gasteiger partial charge is 0.373 e. The molecule has 0 bridgehead atoms. The van der Waals surface area contributed by atoms with E-state index in [0.717, 1.165) is 48.1 Å². The molecule has 2 N–H and O–H groups in total. The Morgan fingerprint density at radius 3 is 2.93 bits per heavy atom. The Morgan fingerprint density at radius 1 is 1.33 bits per heavy atom. The molecule has 8 nitrogen and oxygen atoms in total. The lowest BCUT2D eigenvalue weighted by atomic mass is 10.1. The van der Waals surface area contributed by atoms with Gasteiger partial charge in [0.1, 0.15) is 18.7 Å². The van der Waals surface area contributed by atoms with E-state index in [1.165, 1.54) is 4.90 Å². The maximum Gasteiger partial charge on any atom is 0.320 e. The van der Waals surface area contributed by atoms with Gasteiger partial charge in [-0.2, -0.15) is 0 Å². The number of anilines is 1. The molecule has 0 spiro atoms. The van der Waals surface area contributed by atoms with E-state index < -0.39 is 6.03 Å². The molecule has 8 heteroatoms. The first-order valence-electron chi connectivity index (χ1n) is 8.78. The van der Waals surface area contributed by atoms with Crippen molar-refractivity contribution in [1.82, 2.24) is 14.9 Å². The number of urea groups is 1. The van der Waals surface area contributed by atoms with Crippen LogP contribution in [-0.2, 0) is 22.5 Å². The van der Waals surface area contributed by atoms with Gasteiger partial charge in [0.15, 0.2) is 0 Å². The number of fused-ring (bicyclic) bond motifs is 1. The first-order valence-corrected chi connectivity index (χ1v) is 8.78. The maximum atomic E-state index is 11.4. The summed E-state index contributed by atoms with van der Waals surface area (Å²) in [6, 6.07) is 3.65. The highest BCUT2D eigenvalue weighted by Gasteiger charge is 2.24. The minimum atomic E-state index is -0.474. The van der Waals surface area contributed by atoms with Crippen LogP contribution < -0.4 is 10.6 Å². The average Bonchev–Trinajstić information content (AvgIpc) is 3.09. The fourth-order valence-corrected chi connectivity index (χ4v) is 3.12. The van der Waals surface area contributed by atoms with E-state index in [1.807, 2.05) is 19.3 Å². The molecule has 0 aromatic carbocycles. The van der Waals surface area contributed by atoms with Crippen LogP contribution in [-0.4, -0.2) is 60.5 Å². The van der Waals surface area contributed by atoms with Gasteiger partial charge in [-0.1, -0.05) is 0 Å². The fourth-order valence-electron chi connectivity index (χ4n) is 3.12. The van der Waals surface area contributed by atoms with Gasteiger partial charge in [-0.05, 0) is 36.7 Å². The van der Waals surface area contributed by atoms with Crippen molar-refractivity contribution < 1.29 is 14.3 Å². The normalized spacial score (nSPS) is 13.0. The number of nitrogens with two attached hydrogens (primary N) is 1. The second-order valence-corrected chi connectivity index (χ2v) is 6.51. The molecule has 0 aliphatic carbocycles. The summed E-state index contributed by atoms with van der Waals surface area (Å²) in [6.45, 7) is 2.65. The lowest BCUT2D eigenvalue weighted by Crippen LogP contribution is -2.34. The molecule has 142 valence electrons. The number of carbonyl (C=O) groups excluding carboxylic acids is 2. The zero-order chi connectivity index (χ0) is 19.2. The molecule has 0 radical (unpaired) electrons. The number of nitrogens with zero attached hydrogens (tertiary/aromatic N) is 4. The quantitative estimate of drug-likeness (QED) is 0.555. The van der Waals surface area contributed by atoms with Crippen LogP contribution in [0.4, 0.5) is 10.6 Å². The topological polar surface area (TPSA) is 102 Å². The molecule has 2 aromatic heterocycles. The number of aldehydes is 1. The summed E-state index contributed by atoms with van der Waals surface area (Å²) in [4.78, 5) is 34.1. The Kier molecular flexibility index (Phi) is 6.10. The highest BCUT2D eigenvalue weighted by atomic mass is 16.5. The lowest BCUT2D eigenvalue weighted by Gasteiger charge is -2.16. The zero-order valence-corrected chi connectivity index (χ0v) is 15.3. The van der Waals surface area contributed by atoms with Crippen molar-refractivity contribution in [2.75, 3.05) is 38.3 Å². The predicted octanol–water partition coefficient (Wildman–Crippen LogP) is 1.23. The molecule has 1 aliphatic heterocycles. The van der Waals surface area contributed by atoms with E-state index >= 15 is 0 Å². The molecular weight excluding hydrogens is 346 g/mol. The van der Waals surface area contributed by atoms with Crippen LogP contribution in [0.15, 0.2) is 30.7 Å². The number of carbonyl (C=O) groups is 2. The third-order valence-electron chi connectivity index (χ3n) is 4.45. The van der Waals surface area contributed by atoms with E-state index in [4.69, 9.17) is 10.5 Å². The Hall–Kier alpha value is -2.84. The lowest BCUT2D eigenvalue weighted by molar-refractivity contribution is -0.111. The van der Waals surface area contributed by atoms with Crippen LogP contribution in [0.2, 0.25) is 0 Å². The second kappa shape index (κ2) is 8.70. The summed E-state index contributed by atoms with van der Waals surface area (Å²) >= 11 is 0. The van der Waals surface area contributed by atoms with Gasteiger partial charge in [0.05, 0.1) is 6.61 Å². The van der Waals surface area contributed by atoms with Gasteiger partial charge < -0.3 is 15.3 Å². The third kappa shape index (κ3) is 4.66. The van der Waals surface area contributed by atoms with Crippen LogP contribution in [0.5, 0.6) is 0 Å². The summed E-state index contributed by atoms with van der Waals surface area (Å²) in [6.07, 6.45) is 6.89. The van der Waals surface area contributed by atoms with Crippen LogP contribution in [0.25, 0.3) is 11.1 Å². The van der Waals surface area contributed by atoms with Crippen LogP contribution in [0.3, 0.4) is 0 Å².